The fourth-order valence-electron chi connectivity index (χ4n) is 2.70. The van der Waals surface area contributed by atoms with Crippen molar-refractivity contribution >= 4 is 41.0 Å². The summed E-state index contributed by atoms with van der Waals surface area (Å²) >= 11 is 5.92. The first-order valence-corrected chi connectivity index (χ1v) is 8.26. The van der Waals surface area contributed by atoms with Gasteiger partial charge in [-0.25, -0.2) is 9.69 Å². The molecule has 144 valence electrons. The zero-order valence-corrected chi connectivity index (χ0v) is 15.5. The van der Waals surface area contributed by atoms with Crippen LogP contribution in [0.25, 0.3) is 6.08 Å². The summed E-state index contributed by atoms with van der Waals surface area (Å²) in [5.74, 6) is -0.391. The van der Waals surface area contributed by atoms with E-state index in [2.05, 4.69) is 5.32 Å². The molecule has 1 N–H and O–H groups in total. The number of imide groups is 1. The number of hydrogen-bond acceptors (Lipinski definition) is 6. The monoisotopic (exact) mass is 403 g/mol. The third-order valence-corrected chi connectivity index (χ3v) is 4.21. The van der Waals surface area contributed by atoms with E-state index >= 15 is 0 Å². The lowest BCUT2D eigenvalue weighted by molar-refractivity contribution is -0.385. The van der Waals surface area contributed by atoms with E-state index in [9.17, 15) is 19.7 Å². The summed E-state index contributed by atoms with van der Waals surface area (Å²) in [6.45, 7) is 0. The molecular formula is C18H14ClN3O6. The van der Waals surface area contributed by atoms with Gasteiger partial charge in [-0.2, -0.15) is 0 Å². The standard InChI is InChI=1S/C18H14ClN3O6/c1-27-15-9-16(28-2)14(22(25)26)7-10(15)6-13-17(23)21(18(24)20-13)12-5-3-4-11(19)8-12/h3-9H,1-2H3,(H,20,24)/b13-6+. The topological polar surface area (TPSA) is 111 Å². The third kappa shape index (κ3) is 3.47. The number of carbonyl (C=O) groups excluding carboxylic acids is 2. The van der Waals surface area contributed by atoms with E-state index in [-0.39, 0.29) is 28.4 Å². The molecule has 0 bridgehead atoms. The normalized spacial score (nSPS) is 15.0. The number of amides is 3. The van der Waals surface area contributed by atoms with Gasteiger partial charge in [-0.1, -0.05) is 17.7 Å². The molecule has 9 nitrogen and oxygen atoms in total. The number of nitrogens with one attached hydrogen (secondary N) is 1. The van der Waals surface area contributed by atoms with Gasteiger partial charge < -0.3 is 14.8 Å². The Labute approximate surface area is 164 Å². The van der Waals surface area contributed by atoms with Crippen molar-refractivity contribution in [2.75, 3.05) is 19.1 Å². The van der Waals surface area contributed by atoms with Gasteiger partial charge in [0.15, 0.2) is 0 Å². The van der Waals surface area contributed by atoms with E-state index in [0.717, 1.165) is 4.90 Å². The molecule has 3 amide bonds. The Morgan fingerprint density at radius 2 is 1.86 bits per heavy atom. The summed E-state index contributed by atoms with van der Waals surface area (Å²) in [4.78, 5) is 36.5. The zero-order chi connectivity index (χ0) is 20.4. The number of rotatable bonds is 5. The summed E-state index contributed by atoms with van der Waals surface area (Å²) in [6.07, 6.45) is 1.30. The number of nitrogens with zero attached hydrogens (tertiary/aromatic N) is 2. The number of benzene rings is 2. The van der Waals surface area contributed by atoms with E-state index in [4.69, 9.17) is 21.1 Å². The Hall–Kier alpha value is -3.59. The molecule has 0 unspecified atom stereocenters. The second-order valence-corrected chi connectivity index (χ2v) is 6.07. The number of nitro benzene ring substituents is 1. The van der Waals surface area contributed by atoms with Crippen LogP contribution >= 0.6 is 11.6 Å². The van der Waals surface area contributed by atoms with Gasteiger partial charge in [-0.15, -0.1) is 0 Å². The molecular weight excluding hydrogens is 390 g/mol. The van der Waals surface area contributed by atoms with Gasteiger partial charge in [0.05, 0.1) is 24.8 Å². The fraction of sp³-hybridized carbons (Fsp3) is 0.111. The Balaban J connectivity index is 2.04. The van der Waals surface area contributed by atoms with Gasteiger partial charge in [0, 0.05) is 22.7 Å². The van der Waals surface area contributed by atoms with E-state index in [1.54, 1.807) is 18.2 Å². The largest absolute Gasteiger partial charge is 0.496 e. The molecule has 1 aliphatic rings. The lowest BCUT2D eigenvalue weighted by Gasteiger charge is -2.11. The van der Waals surface area contributed by atoms with E-state index in [1.165, 1.54) is 38.5 Å². The predicted molar refractivity (Wildman–Crippen MR) is 102 cm³/mol. The highest BCUT2D eigenvalue weighted by atomic mass is 35.5. The average Bonchev–Trinajstić information content (AvgIpc) is 2.94. The molecule has 3 rings (SSSR count). The first kappa shape index (κ1) is 19.2. The van der Waals surface area contributed by atoms with Crippen LogP contribution in [0.15, 0.2) is 42.1 Å². The van der Waals surface area contributed by atoms with Gasteiger partial charge in [-0.3, -0.25) is 14.9 Å². The van der Waals surface area contributed by atoms with Crippen molar-refractivity contribution in [3.63, 3.8) is 0 Å². The van der Waals surface area contributed by atoms with Gasteiger partial charge in [0.2, 0.25) is 5.75 Å². The number of halogens is 1. The fourth-order valence-corrected chi connectivity index (χ4v) is 2.89. The lowest BCUT2D eigenvalue weighted by atomic mass is 10.1. The van der Waals surface area contributed by atoms with Crippen molar-refractivity contribution in [2.45, 2.75) is 0 Å². The third-order valence-electron chi connectivity index (χ3n) is 3.97. The number of anilines is 1. The van der Waals surface area contributed by atoms with E-state index in [1.807, 2.05) is 0 Å². The molecule has 0 aromatic heterocycles. The minimum absolute atomic E-state index is 0.00587. The van der Waals surface area contributed by atoms with Crippen LogP contribution in [-0.2, 0) is 4.79 Å². The summed E-state index contributed by atoms with van der Waals surface area (Å²) < 4.78 is 10.2. The molecule has 10 heteroatoms. The maximum Gasteiger partial charge on any atom is 0.333 e. The van der Waals surface area contributed by atoms with Crippen LogP contribution in [0.4, 0.5) is 16.2 Å². The summed E-state index contributed by atoms with van der Waals surface area (Å²) in [6, 6.07) is 8.12. The second kappa shape index (κ2) is 7.57. The lowest BCUT2D eigenvalue weighted by Crippen LogP contribution is -2.30. The van der Waals surface area contributed by atoms with Crippen molar-refractivity contribution in [2.24, 2.45) is 0 Å². The summed E-state index contributed by atoms with van der Waals surface area (Å²) in [5, 5.41) is 14.1. The van der Waals surface area contributed by atoms with Crippen molar-refractivity contribution < 1.29 is 24.0 Å². The number of ether oxygens (including phenoxy) is 2. The van der Waals surface area contributed by atoms with Gasteiger partial charge in [0.25, 0.3) is 5.91 Å². The van der Waals surface area contributed by atoms with Crippen LogP contribution in [0, 0.1) is 10.1 Å². The maximum atomic E-state index is 12.7. The van der Waals surface area contributed by atoms with Crippen LogP contribution < -0.4 is 19.7 Å². The van der Waals surface area contributed by atoms with Crippen LogP contribution in [-0.4, -0.2) is 31.1 Å². The molecule has 1 heterocycles. The molecule has 2 aromatic rings. The number of carbonyl (C=O) groups is 2. The molecule has 0 aliphatic carbocycles. The molecule has 1 fully saturated rings. The van der Waals surface area contributed by atoms with Crippen molar-refractivity contribution in [3.8, 4) is 11.5 Å². The predicted octanol–water partition coefficient (Wildman–Crippen LogP) is 3.36. The average molecular weight is 404 g/mol. The second-order valence-electron chi connectivity index (χ2n) is 5.63. The highest BCUT2D eigenvalue weighted by molar-refractivity contribution is 6.32. The van der Waals surface area contributed by atoms with Crippen molar-refractivity contribution in [1.82, 2.24) is 5.32 Å². The van der Waals surface area contributed by atoms with Crippen molar-refractivity contribution in [3.05, 3.63) is 62.8 Å². The molecule has 2 aromatic carbocycles. The first-order valence-electron chi connectivity index (χ1n) is 7.88. The Bertz CT molecular complexity index is 1020. The van der Waals surface area contributed by atoms with Gasteiger partial charge >= 0.3 is 11.7 Å². The molecule has 0 atom stereocenters. The highest BCUT2D eigenvalue weighted by Gasteiger charge is 2.35. The van der Waals surface area contributed by atoms with Crippen molar-refractivity contribution in [1.29, 1.82) is 0 Å². The highest BCUT2D eigenvalue weighted by Crippen LogP contribution is 2.36. The molecule has 1 saturated heterocycles. The van der Waals surface area contributed by atoms with Crippen LogP contribution in [0.2, 0.25) is 5.02 Å². The molecule has 28 heavy (non-hydrogen) atoms. The summed E-state index contributed by atoms with van der Waals surface area (Å²) in [7, 11) is 2.67. The summed E-state index contributed by atoms with van der Waals surface area (Å²) in [5.41, 5.74) is 0.152. The Kier molecular flexibility index (Phi) is 5.18. The maximum absolute atomic E-state index is 12.7. The number of nitro groups is 1. The quantitative estimate of drug-likeness (QED) is 0.354. The minimum Gasteiger partial charge on any atom is -0.496 e. The molecule has 1 aliphatic heterocycles. The van der Waals surface area contributed by atoms with Crippen LogP contribution in [0.5, 0.6) is 11.5 Å². The Morgan fingerprint density at radius 3 is 2.46 bits per heavy atom. The number of urea groups is 1. The van der Waals surface area contributed by atoms with Gasteiger partial charge in [-0.05, 0) is 24.3 Å². The van der Waals surface area contributed by atoms with Gasteiger partial charge in [0.1, 0.15) is 11.4 Å². The van der Waals surface area contributed by atoms with Crippen LogP contribution in [0.1, 0.15) is 5.56 Å². The molecule has 0 spiro atoms. The zero-order valence-electron chi connectivity index (χ0n) is 14.8. The van der Waals surface area contributed by atoms with Crippen LogP contribution in [0.3, 0.4) is 0 Å². The van der Waals surface area contributed by atoms with E-state index in [0.29, 0.717) is 10.7 Å². The first-order chi connectivity index (χ1) is 13.3. The van der Waals surface area contributed by atoms with E-state index < -0.39 is 16.9 Å². The number of methoxy groups -OCH3 is 2. The SMILES string of the molecule is COc1cc(OC)c([N+](=O)[O-])cc1/C=C1/NC(=O)N(c2cccc(Cl)c2)C1=O. The number of hydrogen-bond donors (Lipinski definition) is 1. The smallest absolute Gasteiger partial charge is 0.333 e. The Morgan fingerprint density at radius 1 is 1.14 bits per heavy atom. The minimum atomic E-state index is -0.666. The molecule has 0 radical (unpaired) electrons. The molecule has 0 saturated carbocycles.